The second-order valence-corrected chi connectivity index (χ2v) is 7.37. The van der Waals surface area contributed by atoms with Gasteiger partial charge < -0.3 is 15.5 Å². The molecule has 8 nitrogen and oxygen atoms in total. The Balaban J connectivity index is 1.48. The number of carbonyl (C=O) groups is 3. The first kappa shape index (κ1) is 18.2. The molecule has 3 heterocycles. The van der Waals surface area contributed by atoms with Gasteiger partial charge in [-0.25, -0.2) is 0 Å². The van der Waals surface area contributed by atoms with Gasteiger partial charge in [-0.2, -0.15) is 5.10 Å². The molecule has 0 radical (unpaired) electrons. The van der Waals surface area contributed by atoms with Crippen molar-refractivity contribution in [1.82, 2.24) is 15.1 Å². The first-order valence-corrected chi connectivity index (χ1v) is 9.50. The maximum atomic E-state index is 12.9. The molecule has 0 saturated carbocycles. The number of aryl methyl sites for hydroxylation is 2. The number of fused-ring (bicyclic) bond motifs is 2. The van der Waals surface area contributed by atoms with Crippen molar-refractivity contribution in [2.24, 2.45) is 0 Å². The zero-order chi connectivity index (χ0) is 19.8. The van der Waals surface area contributed by atoms with E-state index in [1.807, 2.05) is 13.8 Å². The highest BCUT2D eigenvalue weighted by atomic mass is 16.2. The molecule has 0 aliphatic carbocycles. The molecule has 2 aliphatic rings. The van der Waals surface area contributed by atoms with Gasteiger partial charge >= 0.3 is 0 Å². The highest BCUT2D eigenvalue weighted by molar-refractivity contribution is 6.11. The van der Waals surface area contributed by atoms with Gasteiger partial charge in [-0.3, -0.25) is 19.5 Å². The Morgan fingerprint density at radius 2 is 2.14 bits per heavy atom. The van der Waals surface area contributed by atoms with Gasteiger partial charge in [-0.1, -0.05) is 0 Å². The van der Waals surface area contributed by atoms with E-state index in [9.17, 15) is 14.4 Å². The summed E-state index contributed by atoms with van der Waals surface area (Å²) < 4.78 is 0. The minimum atomic E-state index is -0.403. The largest absolute Gasteiger partial charge is 0.327 e. The number of nitrogens with one attached hydrogen (secondary N) is 3. The fourth-order valence-corrected chi connectivity index (χ4v) is 3.97. The lowest BCUT2D eigenvalue weighted by Gasteiger charge is -2.20. The molecule has 2 aliphatic heterocycles. The van der Waals surface area contributed by atoms with Crippen molar-refractivity contribution in [2.75, 3.05) is 17.2 Å². The smallest absolute Gasteiger partial charge is 0.256 e. The van der Waals surface area contributed by atoms with Gasteiger partial charge in [0, 0.05) is 24.3 Å². The molecule has 1 aromatic carbocycles. The number of benzene rings is 1. The van der Waals surface area contributed by atoms with Crippen molar-refractivity contribution in [2.45, 2.75) is 45.6 Å². The number of carbonyl (C=O) groups excluding carboxylic acids is 3. The first-order valence-electron chi connectivity index (χ1n) is 9.50. The van der Waals surface area contributed by atoms with E-state index in [0.29, 0.717) is 42.7 Å². The van der Waals surface area contributed by atoms with Crippen LogP contribution in [0, 0.1) is 13.8 Å². The number of H-pyrrole nitrogens is 1. The number of rotatable bonds is 4. The molecule has 28 heavy (non-hydrogen) atoms. The number of nitrogens with zero attached hydrogens (tertiary/aromatic N) is 2. The topological polar surface area (TPSA) is 107 Å². The number of hydrogen-bond acceptors (Lipinski definition) is 4. The molecule has 2 aromatic rings. The van der Waals surface area contributed by atoms with Crippen LogP contribution in [0.15, 0.2) is 18.2 Å². The predicted octanol–water partition coefficient (Wildman–Crippen LogP) is 2.15. The Morgan fingerprint density at radius 1 is 1.32 bits per heavy atom. The van der Waals surface area contributed by atoms with E-state index < -0.39 is 6.04 Å². The van der Waals surface area contributed by atoms with Crippen LogP contribution in [0.1, 0.15) is 46.6 Å². The van der Waals surface area contributed by atoms with Crippen LogP contribution < -0.4 is 10.6 Å². The van der Waals surface area contributed by atoms with E-state index in [-0.39, 0.29) is 17.7 Å². The van der Waals surface area contributed by atoms with E-state index in [2.05, 4.69) is 20.8 Å². The molecular weight excluding hydrogens is 358 g/mol. The molecule has 8 heteroatoms. The molecule has 0 unspecified atom stereocenters. The van der Waals surface area contributed by atoms with Crippen LogP contribution in [0.5, 0.6) is 0 Å². The third-order valence-electron chi connectivity index (χ3n) is 5.49. The summed E-state index contributed by atoms with van der Waals surface area (Å²) in [5.74, 6) is -0.451. The quantitative estimate of drug-likeness (QED) is 0.754. The Labute approximate surface area is 162 Å². The molecule has 0 bridgehead atoms. The number of amides is 3. The van der Waals surface area contributed by atoms with E-state index in [4.69, 9.17) is 0 Å². The zero-order valence-electron chi connectivity index (χ0n) is 16.0. The minimum absolute atomic E-state index is 0.135. The highest BCUT2D eigenvalue weighted by Crippen LogP contribution is 2.30. The molecule has 1 aromatic heterocycles. The summed E-state index contributed by atoms with van der Waals surface area (Å²) in [4.78, 5) is 39.2. The van der Waals surface area contributed by atoms with Gasteiger partial charge in [0.05, 0.1) is 16.9 Å². The highest BCUT2D eigenvalue weighted by Gasteiger charge is 2.38. The maximum absolute atomic E-state index is 12.9. The molecule has 146 valence electrons. The lowest BCUT2D eigenvalue weighted by atomic mass is 10.1. The van der Waals surface area contributed by atoms with Gasteiger partial charge in [0.1, 0.15) is 6.04 Å². The monoisotopic (exact) mass is 381 g/mol. The Hall–Kier alpha value is -3.16. The molecular formula is C20H23N5O3. The fraction of sp³-hybridized carbons (Fsp3) is 0.400. The Bertz CT molecular complexity index is 945. The molecule has 0 spiro atoms. The van der Waals surface area contributed by atoms with E-state index >= 15 is 0 Å². The van der Waals surface area contributed by atoms with E-state index in [1.54, 1.807) is 23.1 Å². The standard InChI is InChI=1S/C20H23N5O3/c1-11-14(12(2)24-23-11)6-8-18(26)21-13-5-7-16-15(10-13)20(28)25-9-3-4-17(25)19(27)22-16/h5,7,10,17H,3-4,6,8-9H2,1-2H3,(H,21,26)(H,22,27)(H,23,24)/t17-/m0/s1. The number of hydrogen-bond donors (Lipinski definition) is 3. The average Bonchev–Trinajstić information content (AvgIpc) is 3.25. The number of aromatic nitrogens is 2. The van der Waals surface area contributed by atoms with Crippen LogP contribution in [0.25, 0.3) is 0 Å². The van der Waals surface area contributed by atoms with Crippen molar-refractivity contribution in [3.63, 3.8) is 0 Å². The van der Waals surface area contributed by atoms with Gasteiger partial charge in [0.2, 0.25) is 11.8 Å². The summed E-state index contributed by atoms with van der Waals surface area (Å²) in [5.41, 5.74) is 4.37. The van der Waals surface area contributed by atoms with Crippen molar-refractivity contribution >= 4 is 29.1 Å². The van der Waals surface area contributed by atoms with Crippen LogP contribution in [0.4, 0.5) is 11.4 Å². The second-order valence-electron chi connectivity index (χ2n) is 7.37. The molecule has 3 N–H and O–H groups in total. The third-order valence-corrected chi connectivity index (χ3v) is 5.49. The molecule has 1 fully saturated rings. The average molecular weight is 381 g/mol. The van der Waals surface area contributed by atoms with Gasteiger partial charge in [0.15, 0.2) is 0 Å². The molecule has 1 saturated heterocycles. The second kappa shape index (κ2) is 7.10. The summed E-state index contributed by atoms with van der Waals surface area (Å²) in [6, 6.07) is 4.62. The van der Waals surface area contributed by atoms with Crippen LogP contribution in [0.3, 0.4) is 0 Å². The summed E-state index contributed by atoms with van der Waals surface area (Å²) in [5, 5.41) is 12.8. The van der Waals surface area contributed by atoms with Crippen LogP contribution >= 0.6 is 0 Å². The summed E-state index contributed by atoms with van der Waals surface area (Å²) in [6.07, 6.45) is 2.41. The summed E-state index contributed by atoms with van der Waals surface area (Å²) >= 11 is 0. The zero-order valence-corrected chi connectivity index (χ0v) is 16.0. The molecule has 4 rings (SSSR count). The Kier molecular flexibility index (Phi) is 4.62. The van der Waals surface area contributed by atoms with E-state index in [0.717, 1.165) is 23.4 Å². The number of anilines is 2. The lowest BCUT2D eigenvalue weighted by molar-refractivity contribution is -0.119. The minimum Gasteiger partial charge on any atom is -0.327 e. The van der Waals surface area contributed by atoms with Crippen LogP contribution in [-0.2, 0) is 16.0 Å². The van der Waals surface area contributed by atoms with E-state index in [1.165, 1.54) is 0 Å². The van der Waals surface area contributed by atoms with Gasteiger partial charge in [0.25, 0.3) is 5.91 Å². The SMILES string of the molecule is Cc1n[nH]c(C)c1CCC(=O)Nc1ccc2c(c1)C(=O)N1CCC[C@H]1C(=O)N2. The van der Waals surface area contributed by atoms with Crippen molar-refractivity contribution in [3.05, 3.63) is 40.7 Å². The van der Waals surface area contributed by atoms with Gasteiger partial charge in [-0.15, -0.1) is 0 Å². The van der Waals surface area contributed by atoms with Crippen molar-refractivity contribution in [1.29, 1.82) is 0 Å². The predicted molar refractivity (Wildman–Crippen MR) is 104 cm³/mol. The first-order chi connectivity index (χ1) is 13.4. The molecule has 1 atom stereocenters. The summed E-state index contributed by atoms with van der Waals surface area (Å²) in [6.45, 7) is 4.43. The van der Waals surface area contributed by atoms with Crippen LogP contribution in [0.2, 0.25) is 0 Å². The van der Waals surface area contributed by atoms with Gasteiger partial charge in [-0.05, 0) is 56.9 Å². The van der Waals surface area contributed by atoms with Crippen molar-refractivity contribution in [3.8, 4) is 0 Å². The summed E-state index contributed by atoms with van der Waals surface area (Å²) in [7, 11) is 0. The Morgan fingerprint density at radius 3 is 2.89 bits per heavy atom. The third kappa shape index (κ3) is 3.26. The fourth-order valence-electron chi connectivity index (χ4n) is 3.97. The number of aromatic amines is 1. The normalized spacial score (nSPS) is 18.4. The maximum Gasteiger partial charge on any atom is 0.256 e. The van der Waals surface area contributed by atoms with Crippen molar-refractivity contribution < 1.29 is 14.4 Å². The molecule has 3 amide bonds. The lowest BCUT2D eigenvalue weighted by Crippen LogP contribution is -2.40. The van der Waals surface area contributed by atoms with Crippen LogP contribution in [-0.4, -0.2) is 45.4 Å².